The van der Waals surface area contributed by atoms with Crippen LogP contribution in [0.4, 0.5) is 0 Å². The van der Waals surface area contributed by atoms with E-state index >= 15 is 0 Å². The van der Waals surface area contributed by atoms with Crippen LogP contribution < -0.4 is 15.4 Å². The van der Waals surface area contributed by atoms with Gasteiger partial charge in [0.2, 0.25) is 5.91 Å². The number of ether oxygens (including phenoxy) is 1. The highest BCUT2D eigenvalue weighted by atomic mass is 35.5. The fourth-order valence-corrected chi connectivity index (χ4v) is 3.72. The number of nitrogens with zero attached hydrogens (tertiary/aromatic N) is 1. The highest BCUT2D eigenvalue weighted by Crippen LogP contribution is 2.20. The smallest absolute Gasteiger partial charge is 0.253 e. The Morgan fingerprint density at radius 2 is 2.04 bits per heavy atom. The van der Waals surface area contributed by atoms with Gasteiger partial charge in [0.1, 0.15) is 12.4 Å². The molecule has 0 aromatic heterocycles. The van der Waals surface area contributed by atoms with Gasteiger partial charge in [0, 0.05) is 25.2 Å². The molecule has 7 heteroatoms. The van der Waals surface area contributed by atoms with Crippen molar-refractivity contribution < 1.29 is 14.3 Å². The van der Waals surface area contributed by atoms with Gasteiger partial charge in [0.15, 0.2) is 0 Å². The Morgan fingerprint density at radius 3 is 2.71 bits per heavy atom. The molecule has 2 aliphatic heterocycles. The van der Waals surface area contributed by atoms with Crippen LogP contribution in [0.25, 0.3) is 0 Å². The Bertz CT molecular complexity index is 659. The van der Waals surface area contributed by atoms with Crippen molar-refractivity contribution in [1.29, 1.82) is 0 Å². The van der Waals surface area contributed by atoms with Crippen LogP contribution in [0, 0.1) is 5.92 Å². The molecule has 2 fully saturated rings. The lowest BCUT2D eigenvalue weighted by molar-refractivity contribution is -0.123. The number of rotatable bonds is 7. The van der Waals surface area contributed by atoms with Crippen LogP contribution >= 0.6 is 12.4 Å². The molecule has 28 heavy (non-hydrogen) atoms. The summed E-state index contributed by atoms with van der Waals surface area (Å²) in [6, 6.07) is 7.18. The van der Waals surface area contributed by atoms with Gasteiger partial charge in [-0.25, -0.2) is 0 Å². The first-order valence-corrected chi connectivity index (χ1v) is 9.81. The first-order chi connectivity index (χ1) is 13.2. The zero-order valence-electron chi connectivity index (χ0n) is 16.2. The minimum absolute atomic E-state index is 0. The molecule has 2 N–H and O–H groups in total. The lowest BCUT2D eigenvalue weighted by Gasteiger charge is -2.33. The highest BCUT2D eigenvalue weighted by Gasteiger charge is 2.26. The predicted molar refractivity (Wildman–Crippen MR) is 112 cm³/mol. The largest absolute Gasteiger partial charge is 0.490 e. The minimum atomic E-state index is -0.0480. The van der Waals surface area contributed by atoms with Gasteiger partial charge in [-0.15, -0.1) is 12.4 Å². The highest BCUT2D eigenvalue weighted by molar-refractivity contribution is 5.94. The maximum atomic E-state index is 12.8. The van der Waals surface area contributed by atoms with Crippen molar-refractivity contribution in [3.8, 4) is 5.75 Å². The third kappa shape index (κ3) is 5.97. The van der Waals surface area contributed by atoms with Crippen molar-refractivity contribution in [2.75, 3.05) is 32.8 Å². The lowest BCUT2D eigenvalue weighted by Crippen LogP contribution is -2.46. The van der Waals surface area contributed by atoms with Crippen LogP contribution in [0.5, 0.6) is 5.75 Å². The first kappa shape index (κ1) is 22.2. The number of piperidine rings is 1. The maximum absolute atomic E-state index is 12.8. The van der Waals surface area contributed by atoms with E-state index in [0.29, 0.717) is 31.2 Å². The Kier molecular flexibility index (Phi) is 8.80. The second-order valence-corrected chi connectivity index (χ2v) is 7.28. The van der Waals surface area contributed by atoms with Gasteiger partial charge < -0.3 is 20.3 Å². The van der Waals surface area contributed by atoms with E-state index < -0.39 is 0 Å². The number of amides is 2. The van der Waals surface area contributed by atoms with Crippen molar-refractivity contribution in [2.45, 2.75) is 31.7 Å². The average Bonchev–Trinajstić information content (AvgIpc) is 3.25. The molecule has 3 rings (SSSR count). The van der Waals surface area contributed by atoms with Gasteiger partial charge in [-0.1, -0.05) is 12.7 Å². The number of benzene rings is 1. The molecule has 0 radical (unpaired) electrons. The molecule has 0 spiro atoms. The summed E-state index contributed by atoms with van der Waals surface area (Å²) in [5, 5.41) is 6.27. The summed E-state index contributed by atoms with van der Waals surface area (Å²) in [4.78, 5) is 26.8. The first-order valence-electron chi connectivity index (χ1n) is 9.81. The summed E-state index contributed by atoms with van der Waals surface area (Å²) in [7, 11) is 0. The van der Waals surface area contributed by atoms with Gasteiger partial charge in [0.25, 0.3) is 5.91 Å². The molecular weight excluding hydrogens is 378 g/mol. The average molecular weight is 408 g/mol. The zero-order chi connectivity index (χ0) is 19.1. The molecule has 0 bridgehead atoms. The minimum Gasteiger partial charge on any atom is -0.490 e. The van der Waals surface area contributed by atoms with E-state index in [1.165, 1.54) is 0 Å². The SMILES string of the molecule is C=CCOc1ccc(C(=O)N2CCCC(CNC(=O)C3CCCN3)C2)cc1.Cl. The van der Waals surface area contributed by atoms with Crippen molar-refractivity contribution in [2.24, 2.45) is 5.92 Å². The summed E-state index contributed by atoms with van der Waals surface area (Å²) in [5.41, 5.74) is 0.667. The molecule has 2 amide bonds. The van der Waals surface area contributed by atoms with Crippen LogP contribution in [0.3, 0.4) is 0 Å². The van der Waals surface area contributed by atoms with Gasteiger partial charge in [-0.3, -0.25) is 9.59 Å². The van der Waals surface area contributed by atoms with Crippen LogP contribution in [-0.4, -0.2) is 55.5 Å². The van der Waals surface area contributed by atoms with E-state index in [2.05, 4.69) is 17.2 Å². The van der Waals surface area contributed by atoms with Crippen molar-refractivity contribution in [1.82, 2.24) is 15.5 Å². The molecule has 2 atom stereocenters. The number of likely N-dealkylation sites (tertiary alicyclic amines) is 1. The zero-order valence-corrected chi connectivity index (χ0v) is 17.0. The van der Waals surface area contributed by atoms with Crippen molar-refractivity contribution in [3.63, 3.8) is 0 Å². The second-order valence-electron chi connectivity index (χ2n) is 7.28. The molecule has 1 aromatic rings. The number of halogens is 1. The normalized spacial score (nSPS) is 21.5. The van der Waals surface area contributed by atoms with Crippen LogP contribution in [0.2, 0.25) is 0 Å². The topological polar surface area (TPSA) is 70.7 Å². The molecule has 0 aliphatic carbocycles. The van der Waals surface area contributed by atoms with Gasteiger partial charge >= 0.3 is 0 Å². The molecular formula is C21H30ClN3O3. The van der Waals surface area contributed by atoms with Crippen LogP contribution in [0.15, 0.2) is 36.9 Å². The molecule has 0 saturated carbocycles. The van der Waals surface area contributed by atoms with E-state index in [9.17, 15) is 9.59 Å². The number of hydrogen-bond acceptors (Lipinski definition) is 4. The molecule has 1 aromatic carbocycles. The third-order valence-electron chi connectivity index (χ3n) is 5.22. The van der Waals surface area contributed by atoms with Gasteiger partial charge in [-0.2, -0.15) is 0 Å². The molecule has 2 aliphatic rings. The molecule has 6 nitrogen and oxygen atoms in total. The summed E-state index contributed by atoms with van der Waals surface area (Å²) in [6.07, 6.45) is 5.66. The number of nitrogens with one attached hydrogen (secondary N) is 2. The molecule has 2 unspecified atom stereocenters. The Labute approximate surface area is 173 Å². The monoisotopic (exact) mass is 407 g/mol. The van der Waals surface area contributed by atoms with E-state index in [1.807, 2.05) is 17.0 Å². The summed E-state index contributed by atoms with van der Waals surface area (Å²) in [5.74, 6) is 1.17. The number of carbonyl (C=O) groups excluding carboxylic acids is 2. The van der Waals surface area contributed by atoms with Gasteiger partial charge in [0.05, 0.1) is 6.04 Å². The van der Waals surface area contributed by atoms with Gasteiger partial charge in [-0.05, 0) is 62.4 Å². The standard InChI is InChI=1S/C21H29N3O3.ClH/c1-2-13-27-18-9-7-17(8-10-18)21(26)24-12-4-5-16(15-24)14-23-20(25)19-6-3-11-22-19;/h2,7-10,16,19,22H,1,3-6,11-15H2,(H,23,25);1H. The third-order valence-corrected chi connectivity index (χ3v) is 5.22. The van der Waals surface area contributed by atoms with Crippen molar-refractivity contribution >= 4 is 24.2 Å². The van der Waals surface area contributed by atoms with E-state index in [1.54, 1.807) is 18.2 Å². The van der Waals surface area contributed by atoms with Crippen LogP contribution in [0.1, 0.15) is 36.0 Å². The van der Waals surface area contributed by atoms with E-state index in [0.717, 1.165) is 44.5 Å². The molecule has 2 heterocycles. The fraction of sp³-hybridized carbons (Fsp3) is 0.524. The number of hydrogen-bond donors (Lipinski definition) is 2. The van der Waals surface area contributed by atoms with E-state index in [-0.39, 0.29) is 30.3 Å². The predicted octanol–water partition coefficient (Wildman–Crippen LogP) is 2.39. The Hall–Kier alpha value is -2.05. The quantitative estimate of drug-likeness (QED) is 0.681. The van der Waals surface area contributed by atoms with Crippen LogP contribution in [-0.2, 0) is 4.79 Å². The Balaban J connectivity index is 0.00000280. The summed E-state index contributed by atoms with van der Waals surface area (Å²) >= 11 is 0. The second kappa shape index (κ2) is 11.1. The van der Waals surface area contributed by atoms with E-state index in [4.69, 9.17) is 4.74 Å². The molecule has 154 valence electrons. The Morgan fingerprint density at radius 1 is 1.25 bits per heavy atom. The molecule has 2 saturated heterocycles. The summed E-state index contributed by atoms with van der Waals surface area (Å²) in [6.45, 7) is 7.07. The van der Waals surface area contributed by atoms with Crippen molar-refractivity contribution in [3.05, 3.63) is 42.5 Å². The maximum Gasteiger partial charge on any atom is 0.253 e. The fourth-order valence-electron chi connectivity index (χ4n) is 3.72. The lowest BCUT2D eigenvalue weighted by atomic mass is 9.97. The summed E-state index contributed by atoms with van der Waals surface area (Å²) < 4.78 is 5.46. The number of carbonyl (C=O) groups is 2.